The third-order valence-corrected chi connectivity index (χ3v) is 4.91. The Morgan fingerprint density at radius 2 is 2.05 bits per heavy atom. The van der Waals surface area contributed by atoms with Gasteiger partial charge in [0.25, 0.3) is 5.91 Å². The molecule has 21 heavy (non-hydrogen) atoms. The summed E-state index contributed by atoms with van der Waals surface area (Å²) in [5.41, 5.74) is 0.667. The molecule has 0 N–H and O–H groups in total. The molecule has 0 unspecified atom stereocenters. The van der Waals surface area contributed by atoms with E-state index in [0.29, 0.717) is 24.5 Å². The highest BCUT2D eigenvalue weighted by atomic mass is 32.1. The van der Waals surface area contributed by atoms with Crippen LogP contribution >= 0.6 is 11.3 Å². The van der Waals surface area contributed by atoms with Gasteiger partial charge in [-0.3, -0.25) is 4.79 Å². The predicted octanol–water partition coefficient (Wildman–Crippen LogP) is 3.11. The first-order valence-corrected chi connectivity index (χ1v) is 7.95. The largest absolute Gasteiger partial charge is 0.486 e. The van der Waals surface area contributed by atoms with Crippen molar-refractivity contribution >= 4 is 17.2 Å². The summed E-state index contributed by atoms with van der Waals surface area (Å²) in [6, 6.07) is 9.79. The van der Waals surface area contributed by atoms with Crippen molar-refractivity contribution < 1.29 is 14.3 Å². The first-order chi connectivity index (χ1) is 10.3. The molecule has 1 fully saturated rings. The predicted molar refractivity (Wildman–Crippen MR) is 80.1 cm³/mol. The Morgan fingerprint density at radius 1 is 1.19 bits per heavy atom. The number of amides is 1. The van der Waals surface area contributed by atoms with Gasteiger partial charge in [-0.1, -0.05) is 6.07 Å². The molecule has 2 aliphatic rings. The SMILES string of the molecule is O=C(c1ccc2c(c1)OCCO2)N1CC[C@H]1c1cccs1. The number of rotatable bonds is 2. The smallest absolute Gasteiger partial charge is 0.254 e. The van der Waals surface area contributed by atoms with Crippen LogP contribution in [0.3, 0.4) is 0 Å². The van der Waals surface area contributed by atoms with Crippen LogP contribution in [0.1, 0.15) is 27.7 Å². The molecule has 1 saturated heterocycles. The maximum absolute atomic E-state index is 12.7. The number of fused-ring (bicyclic) bond motifs is 1. The summed E-state index contributed by atoms with van der Waals surface area (Å²) in [6.45, 7) is 1.91. The summed E-state index contributed by atoms with van der Waals surface area (Å²) in [5.74, 6) is 1.45. The van der Waals surface area contributed by atoms with E-state index in [4.69, 9.17) is 9.47 Å². The third-order valence-electron chi connectivity index (χ3n) is 3.94. The van der Waals surface area contributed by atoms with E-state index >= 15 is 0 Å². The van der Waals surface area contributed by atoms with Crippen LogP contribution in [0.25, 0.3) is 0 Å². The van der Waals surface area contributed by atoms with Crippen LogP contribution in [0.4, 0.5) is 0 Å². The van der Waals surface area contributed by atoms with Gasteiger partial charge in [0.05, 0.1) is 6.04 Å². The van der Waals surface area contributed by atoms with Gasteiger partial charge in [0.1, 0.15) is 13.2 Å². The Morgan fingerprint density at radius 3 is 2.76 bits per heavy atom. The minimum atomic E-state index is 0.0663. The van der Waals surface area contributed by atoms with E-state index in [1.807, 2.05) is 23.1 Å². The number of carbonyl (C=O) groups excluding carboxylic acids is 1. The average Bonchev–Trinajstić information content (AvgIpc) is 2.99. The normalized spacial score (nSPS) is 20.0. The molecule has 2 aromatic rings. The highest BCUT2D eigenvalue weighted by molar-refractivity contribution is 7.10. The van der Waals surface area contributed by atoms with Gasteiger partial charge in [-0.15, -0.1) is 11.3 Å². The van der Waals surface area contributed by atoms with Crippen LogP contribution in [0.2, 0.25) is 0 Å². The summed E-state index contributed by atoms with van der Waals surface area (Å²) >= 11 is 1.71. The fourth-order valence-corrected chi connectivity index (χ4v) is 3.62. The molecule has 0 saturated carbocycles. The number of thiophene rings is 1. The second-order valence-corrected chi connectivity index (χ2v) is 6.16. The standard InChI is InChI=1S/C16H15NO3S/c18-16(17-6-5-12(17)15-2-1-9-21-15)11-3-4-13-14(10-11)20-8-7-19-13/h1-4,9-10,12H,5-8H2/t12-/m0/s1. The van der Waals surface area contributed by atoms with Gasteiger partial charge in [-0.05, 0) is 36.1 Å². The first-order valence-electron chi connectivity index (χ1n) is 7.07. The molecule has 4 nitrogen and oxygen atoms in total. The monoisotopic (exact) mass is 301 g/mol. The molecule has 1 aromatic heterocycles. The van der Waals surface area contributed by atoms with Crippen LogP contribution in [-0.4, -0.2) is 30.6 Å². The van der Waals surface area contributed by atoms with Crippen LogP contribution in [-0.2, 0) is 0 Å². The van der Waals surface area contributed by atoms with Crippen molar-refractivity contribution in [3.63, 3.8) is 0 Å². The van der Waals surface area contributed by atoms with Crippen molar-refractivity contribution in [2.45, 2.75) is 12.5 Å². The number of hydrogen-bond donors (Lipinski definition) is 0. The molecule has 2 aliphatic heterocycles. The highest BCUT2D eigenvalue weighted by Gasteiger charge is 2.34. The minimum absolute atomic E-state index is 0.0663. The summed E-state index contributed by atoms with van der Waals surface area (Å²) in [4.78, 5) is 15.8. The number of nitrogens with zero attached hydrogens (tertiary/aromatic N) is 1. The van der Waals surface area contributed by atoms with Gasteiger partial charge >= 0.3 is 0 Å². The van der Waals surface area contributed by atoms with Crippen molar-refractivity contribution in [2.75, 3.05) is 19.8 Å². The maximum atomic E-state index is 12.7. The average molecular weight is 301 g/mol. The molecule has 0 bridgehead atoms. The molecule has 0 spiro atoms. The number of likely N-dealkylation sites (tertiary alicyclic amines) is 1. The van der Waals surface area contributed by atoms with E-state index in [9.17, 15) is 4.79 Å². The molecular formula is C16H15NO3S. The second kappa shape index (κ2) is 5.07. The number of carbonyl (C=O) groups is 1. The molecule has 0 radical (unpaired) electrons. The number of ether oxygens (including phenoxy) is 2. The summed E-state index contributed by atoms with van der Waals surface area (Å²) in [7, 11) is 0. The zero-order valence-electron chi connectivity index (χ0n) is 11.5. The van der Waals surface area contributed by atoms with Gasteiger partial charge < -0.3 is 14.4 Å². The summed E-state index contributed by atoms with van der Waals surface area (Å²) < 4.78 is 11.0. The lowest BCUT2D eigenvalue weighted by molar-refractivity contribution is 0.0467. The van der Waals surface area contributed by atoms with Crippen molar-refractivity contribution in [3.8, 4) is 11.5 Å². The highest BCUT2D eigenvalue weighted by Crippen LogP contribution is 2.38. The Bertz CT molecular complexity index is 668. The van der Waals surface area contributed by atoms with Gasteiger partial charge in [0, 0.05) is 17.0 Å². The molecular weight excluding hydrogens is 286 g/mol. The molecule has 0 aliphatic carbocycles. The van der Waals surface area contributed by atoms with E-state index in [-0.39, 0.29) is 11.9 Å². The quantitative estimate of drug-likeness (QED) is 0.855. The summed E-state index contributed by atoms with van der Waals surface area (Å²) in [5, 5.41) is 2.06. The molecule has 1 aromatic carbocycles. The van der Waals surface area contributed by atoms with Crippen molar-refractivity contribution in [1.29, 1.82) is 0 Å². The van der Waals surface area contributed by atoms with Gasteiger partial charge in [-0.2, -0.15) is 0 Å². The summed E-state index contributed by atoms with van der Waals surface area (Å²) in [6.07, 6.45) is 1.04. The van der Waals surface area contributed by atoms with Gasteiger partial charge in [-0.25, -0.2) is 0 Å². The topological polar surface area (TPSA) is 38.8 Å². The molecule has 108 valence electrons. The number of hydrogen-bond acceptors (Lipinski definition) is 4. The maximum Gasteiger partial charge on any atom is 0.254 e. The van der Waals surface area contributed by atoms with E-state index in [0.717, 1.165) is 18.7 Å². The molecule has 3 heterocycles. The molecule has 1 atom stereocenters. The van der Waals surface area contributed by atoms with Crippen LogP contribution < -0.4 is 9.47 Å². The van der Waals surface area contributed by atoms with Crippen LogP contribution in [0.15, 0.2) is 35.7 Å². The Kier molecular flexibility index (Phi) is 3.07. The number of benzene rings is 1. The Hall–Kier alpha value is -2.01. The van der Waals surface area contributed by atoms with Crippen molar-refractivity contribution in [3.05, 3.63) is 46.2 Å². The Balaban J connectivity index is 1.57. The zero-order chi connectivity index (χ0) is 14.2. The molecule has 5 heteroatoms. The Labute approximate surface area is 126 Å². The van der Waals surface area contributed by atoms with E-state index in [2.05, 4.69) is 11.4 Å². The van der Waals surface area contributed by atoms with Crippen LogP contribution in [0, 0.1) is 0 Å². The van der Waals surface area contributed by atoms with E-state index in [1.54, 1.807) is 17.4 Å². The van der Waals surface area contributed by atoms with E-state index < -0.39 is 0 Å². The fourth-order valence-electron chi connectivity index (χ4n) is 2.75. The molecule has 4 rings (SSSR count). The second-order valence-electron chi connectivity index (χ2n) is 5.18. The third kappa shape index (κ3) is 2.17. The fraction of sp³-hybridized carbons (Fsp3) is 0.312. The van der Waals surface area contributed by atoms with E-state index in [1.165, 1.54) is 4.88 Å². The van der Waals surface area contributed by atoms with Crippen molar-refractivity contribution in [1.82, 2.24) is 4.90 Å². The zero-order valence-corrected chi connectivity index (χ0v) is 12.3. The first kappa shape index (κ1) is 12.7. The minimum Gasteiger partial charge on any atom is -0.486 e. The lowest BCUT2D eigenvalue weighted by Gasteiger charge is -2.40. The van der Waals surface area contributed by atoms with Crippen LogP contribution in [0.5, 0.6) is 11.5 Å². The van der Waals surface area contributed by atoms with Gasteiger partial charge in [0.15, 0.2) is 11.5 Å². The van der Waals surface area contributed by atoms with Crippen molar-refractivity contribution in [2.24, 2.45) is 0 Å². The van der Waals surface area contributed by atoms with Gasteiger partial charge in [0.2, 0.25) is 0 Å². The lowest BCUT2D eigenvalue weighted by Crippen LogP contribution is -2.44. The lowest BCUT2D eigenvalue weighted by atomic mass is 9.99. The molecule has 1 amide bonds.